The molecule has 0 saturated heterocycles. The van der Waals surface area contributed by atoms with E-state index in [1.54, 1.807) is 6.92 Å². The Morgan fingerprint density at radius 1 is 1.00 bits per heavy atom. The van der Waals surface area contributed by atoms with Crippen molar-refractivity contribution < 1.29 is 14.7 Å². The molecule has 0 aliphatic heterocycles. The Hall–Kier alpha value is -3.31. The van der Waals surface area contributed by atoms with Gasteiger partial charge in [0.1, 0.15) is 0 Å². The van der Waals surface area contributed by atoms with E-state index in [1.165, 1.54) is 59.3 Å². The molecular formula is C36H46AsN4O3. The number of carbonyl (C=O) groups is 2. The van der Waals surface area contributed by atoms with Crippen LogP contribution < -0.4 is 10.2 Å². The summed E-state index contributed by atoms with van der Waals surface area (Å²) in [4.78, 5) is 33.4. The Balaban J connectivity index is 1.07. The van der Waals surface area contributed by atoms with Crippen LogP contribution in [0.15, 0.2) is 54.7 Å². The predicted octanol–water partition coefficient (Wildman–Crippen LogP) is 8.60. The van der Waals surface area contributed by atoms with Crippen LogP contribution in [-0.2, 0) is 17.6 Å². The molecule has 4 aromatic rings. The number of carboxylic acid groups (broad SMARTS) is 1. The molecule has 1 atom stereocenters. The average Bonchev–Trinajstić information content (AvgIpc) is 3.49. The number of amides is 1. The molecule has 233 valence electrons. The third-order valence-corrected chi connectivity index (χ3v) is 10.9. The van der Waals surface area contributed by atoms with Crippen LogP contribution in [0, 0.1) is 5.92 Å². The summed E-state index contributed by atoms with van der Waals surface area (Å²) in [6, 6.07) is 16.2. The number of hydrogen-bond acceptors (Lipinski definition) is 4. The Labute approximate surface area is 267 Å². The first-order chi connectivity index (χ1) is 21.5. The maximum absolute atomic E-state index is 12.2. The van der Waals surface area contributed by atoms with Crippen LogP contribution in [0.25, 0.3) is 21.8 Å². The molecule has 5 rings (SSSR count). The zero-order chi connectivity index (χ0) is 30.7. The minimum atomic E-state index is -0.914. The molecule has 44 heavy (non-hydrogen) atoms. The first kappa shape index (κ1) is 32.1. The van der Waals surface area contributed by atoms with Crippen molar-refractivity contribution in [1.29, 1.82) is 0 Å². The van der Waals surface area contributed by atoms with Crippen molar-refractivity contribution in [3.63, 3.8) is 0 Å². The Morgan fingerprint density at radius 2 is 1.82 bits per heavy atom. The van der Waals surface area contributed by atoms with Crippen molar-refractivity contribution in [3.8, 4) is 0 Å². The van der Waals surface area contributed by atoms with Gasteiger partial charge in [-0.15, -0.1) is 0 Å². The molecule has 1 aliphatic rings. The first-order valence-corrected chi connectivity index (χ1v) is 18.7. The van der Waals surface area contributed by atoms with Gasteiger partial charge in [-0.2, -0.15) is 0 Å². The molecule has 2 aromatic carbocycles. The van der Waals surface area contributed by atoms with E-state index < -0.39 is 6.09 Å². The fourth-order valence-electron chi connectivity index (χ4n) is 6.57. The summed E-state index contributed by atoms with van der Waals surface area (Å²) in [6.45, 7) is 3.15. The number of aryl methyl sites for hydroxylation is 1. The van der Waals surface area contributed by atoms with Crippen molar-refractivity contribution >= 4 is 59.6 Å². The van der Waals surface area contributed by atoms with Crippen molar-refractivity contribution in [3.05, 3.63) is 66.0 Å². The number of rotatable bonds is 17. The molecule has 2 aromatic heterocycles. The van der Waals surface area contributed by atoms with Gasteiger partial charge in [0.25, 0.3) is 0 Å². The molecule has 1 aliphatic carbocycles. The third kappa shape index (κ3) is 8.65. The molecule has 2 heterocycles. The molecule has 8 heteroatoms. The topological polar surface area (TPSA) is 98.3 Å². The van der Waals surface area contributed by atoms with Crippen LogP contribution >= 0.6 is 0 Å². The van der Waals surface area contributed by atoms with Gasteiger partial charge >= 0.3 is 192 Å². The van der Waals surface area contributed by atoms with Crippen LogP contribution in [0.2, 0.25) is 5.21 Å². The normalized spacial score (nSPS) is 13.8. The van der Waals surface area contributed by atoms with Crippen molar-refractivity contribution in [2.45, 2.75) is 89.2 Å². The molecular weight excluding hydrogens is 611 g/mol. The second kappa shape index (κ2) is 16.1. The second-order valence-electron chi connectivity index (χ2n) is 12.1. The van der Waals surface area contributed by atoms with Crippen LogP contribution in [0.5, 0.6) is 0 Å². The molecule has 1 amide bonds. The zero-order valence-electron chi connectivity index (χ0n) is 26.0. The number of nitrogens with one attached hydrogen (secondary N) is 2. The summed E-state index contributed by atoms with van der Waals surface area (Å²) in [6.07, 6.45) is 14.5. The van der Waals surface area contributed by atoms with Gasteiger partial charge in [0, 0.05) is 11.1 Å². The van der Waals surface area contributed by atoms with E-state index in [0.29, 0.717) is 22.7 Å². The van der Waals surface area contributed by atoms with Gasteiger partial charge in [0.15, 0.2) is 0 Å². The molecule has 1 unspecified atom stereocenters. The standard InChI is InChI=1S/C36H46AsN4O3/c1-26(42)37-21-18-27(20-24-41(36(43)44)29-16-17-32-28(25-29)19-23-38-32)11-5-3-2-4-10-22-39-35-30-12-6-8-14-33(30)40-34-15-9-7-13-31(34)35/h6,8,12,14,16-17,19,23,25,27,38H,2-5,7,9-11,13,15,18,20-22,24H2,1H3,(H,39,40)(H,43,44). The number of hydrogen-bond donors (Lipinski definition) is 3. The van der Waals surface area contributed by atoms with Crippen molar-refractivity contribution in [1.82, 2.24) is 9.97 Å². The van der Waals surface area contributed by atoms with E-state index in [1.807, 2.05) is 30.5 Å². The van der Waals surface area contributed by atoms with Crippen LogP contribution in [-0.4, -0.2) is 54.6 Å². The fourth-order valence-corrected chi connectivity index (χ4v) is 8.27. The minimum absolute atomic E-state index is 0.265. The molecule has 0 spiro atoms. The number of aromatic nitrogens is 2. The fraction of sp³-hybridized carbons (Fsp3) is 0.472. The zero-order valence-corrected chi connectivity index (χ0v) is 27.9. The molecule has 7 nitrogen and oxygen atoms in total. The molecule has 3 N–H and O–H groups in total. The molecule has 0 fully saturated rings. The number of anilines is 2. The first-order valence-electron chi connectivity index (χ1n) is 16.4. The number of benzene rings is 2. The monoisotopic (exact) mass is 657 g/mol. The van der Waals surface area contributed by atoms with E-state index in [-0.39, 0.29) is 15.8 Å². The predicted molar refractivity (Wildman–Crippen MR) is 182 cm³/mol. The Bertz CT molecular complexity index is 1550. The van der Waals surface area contributed by atoms with E-state index in [0.717, 1.165) is 73.1 Å². The van der Waals surface area contributed by atoms with E-state index >= 15 is 0 Å². The number of nitrogens with zero attached hydrogens (tertiary/aromatic N) is 2. The van der Waals surface area contributed by atoms with Crippen LogP contribution in [0.1, 0.15) is 82.4 Å². The third-order valence-electron chi connectivity index (χ3n) is 8.97. The van der Waals surface area contributed by atoms with E-state index in [4.69, 9.17) is 4.98 Å². The van der Waals surface area contributed by atoms with Gasteiger partial charge < -0.3 is 0 Å². The average molecular weight is 658 g/mol. The number of para-hydroxylation sites is 1. The number of H-pyrrole nitrogens is 1. The number of carbonyl (C=O) groups excluding carboxylic acids is 1. The molecule has 0 bridgehead atoms. The van der Waals surface area contributed by atoms with Crippen LogP contribution in [0.3, 0.4) is 0 Å². The summed E-state index contributed by atoms with van der Waals surface area (Å²) < 4.78 is 0.320. The van der Waals surface area contributed by atoms with E-state index in [9.17, 15) is 14.7 Å². The number of unbranched alkanes of at least 4 members (excludes halogenated alkanes) is 4. The van der Waals surface area contributed by atoms with Crippen molar-refractivity contribution in [2.75, 3.05) is 23.3 Å². The van der Waals surface area contributed by atoms with Gasteiger partial charge in [0.2, 0.25) is 0 Å². The molecule has 1 radical (unpaired) electrons. The van der Waals surface area contributed by atoms with Gasteiger partial charge in [-0.3, -0.25) is 4.98 Å². The number of fused-ring (bicyclic) bond motifs is 3. The quantitative estimate of drug-likeness (QED) is 0.0781. The summed E-state index contributed by atoms with van der Waals surface area (Å²) >= 11 is -0.265. The SMILES string of the molecule is CC(=O)[As]CCC(CCCCCCCNc1c2c(nc3ccccc13)CCCC2)CCN(C(=O)O)c1ccc2[nH]ccc2c1. The van der Waals surface area contributed by atoms with Crippen molar-refractivity contribution in [2.24, 2.45) is 5.92 Å². The van der Waals surface area contributed by atoms with Gasteiger partial charge in [0.05, 0.1) is 5.52 Å². The molecule has 0 saturated carbocycles. The summed E-state index contributed by atoms with van der Waals surface area (Å²) in [5.74, 6) is 0.440. The van der Waals surface area contributed by atoms with Gasteiger partial charge in [-0.05, 0) is 37.3 Å². The number of pyridine rings is 1. The maximum atomic E-state index is 12.2. The second-order valence-corrected chi connectivity index (χ2v) is 15.1. The Kier molecular flexibility index (Phi) is 11.8. The van der Waals surface area contributed by atoms with Crippen LogP contribution in [0.4, 0.5) is 16.2 Å². The number of aromatic amines is 1. The summed E-state index contributed by atoms with van der Waals surface area (Å²) in [5.41, 5.74) is 6.84. The van der Waals surface area contributed by atoms with E-state index in [2.05, 4.69) is 34.6 Å². The Morgan fingerprint density at radius 3 is 2.68 bits per heavy atom. The van der Waals surface area contributed by atoms with Gasteiger partial charge in [-0.1, -0.05) is 18.2 Å². The summed E-state index contributed by atoms with van der Waals surface area (Å²) in [7, 11) is 0. The van der Waals surface area contributed by atoms with Gasteiger partial charge in [-0.25, -0.2) is 0 Å². The summed E-state index contributed by atoms with van der Waals surface area (Å²) in [5, 5.41) is 17.0.